The molecule has 0 unspecified atom stereocenters. The largest absolute Gasteiger partial charge is 0.345 e. The minimum atomic E-state index is -0.161. The Hall–Kier alpha value is -3.48. The van der Waals surface area contributed by atoms with Crippen molar-refractivity contribution in [1.29, 1.82) is 0 Å². The lowest BCUT2D eigenvalue weighted by molar-refractivity contribution is 0.0941. The molecule has 1 aromatic carbocycles. The van der Waals surface area contributed by atoms with Gasteiger partial charge in [-0.05, 0) is 32.0 Å². The number of aromatic nitrogens is 5. The van der Waals surface area contributed by atoms with Gasteiger partial charge in [-0.1, -0.05) is 18.2 Å². The number of hydrogen-bond donors (Lipinski definition) is 1. The molecular formula is C21H22N6O. The van der Waals surface area contributed by atoms with Gasteiger partial charge >= 0.3 is 0 Å². The fourth-order valence-corrected chi connectivity index (χ4v) is 3.34. The van der Waals surface area contributed by atoms with Crippen LogP contribution in [-0.4, -0.2) is 30.5 Å². The fourth-order valence-electron chi connectivity index (χ4n) is 3.34. The number of aryl methyl sites for hydroxylation is 2. The van der Waals surface area contributed by atoms with Gasteiger partial charge in [0.2, 0.25) is 0 Å². The third-order valence-corrected chi connectivity index (χ3v) is 5.02. The van der Waals surface area contributed by atoms with Crippen LogP contribution in [0.1, 0.15) is 34.6 Å². The predicted molar refractivity (Wildman–Crippen MR) is 108 cm³/mol. The van der Waals surface area contributed by atoms with Crippen molar-refractivity contribution in [2.24, 2.45) is 14.1 Å². The average Bonchev–Trinajstić information content (AvgIpc) is 3.26. The number of rotatable bonds is 4. The second-order valence-electron chi connectivity index (χ2n) is 6.95. The van der Waals surface area contributed by atoms with E-state index in [9.17, 15) is 4.79 Å². The molecule has 0 bridgehead atoms. The van der Waals surface area contributed by atoms with Gasteiger partial charge in [0.05, 0.1) is 29.0 Å². The third-order valence-electron chi connectivity index (χ3n) is 5.02. The molecule has 0 saturated heterocycles. The molecule has 4 rings (SSSR count). The van der Waals surface area contributed by atoms with Gasteiger partial charge in [-0.15, -0.1) is 0 Å². The summed E-state index contributed by atoms with van der Waals surface area (Å²) in [7, 11) is 3.75. The van der Waals surface area contributed by atoms with Crippen molar-refractivity contribution in [3.63, 3.8) is 0 Å². The summed E-state index contributed by atoms with van der Waals surface area (Å²) >= 11 is 0. The standard InChI is InChI=1S/C21H22N6O/c1-13(17-12-22-27(4)14(17)2)23-21(28)16-11-20(19-9-10-26(3)25-19)24-18-8-6-5-7-15(16)18/h5-13H,1-4H3,(H,23,28)/t13-/m1/s1. The first kappa shape index (κ1) is 17.9. The van der Waals surface area contributed by atoms with Crippen LogP contribution in [0.3, 0.4) is 0 Å². The Morgan fingerprint density at radius 3 is 2.61 bits per heavy atom. The number of pyridine rings is 1. The molecule has 3 heterocycles. The van der Waals surface area contributed by atoms with Gasteiger partial charge in [-0.25, -0.2) is 4.98 Å². The molecule has 0 fully saturated rings. The Balaban J connectivity index is 1.74. The molecule has 1 amide bonds. The Morgan fingerprint density at radius 1 is 1.14 bits per heavy atom. The Labute approximate surface area is 163 Å². The highest BCUT2D eigenvalue weighted by Crippen LogP contribution is 2.25. The van der Waals surface area contributed by atoms with Crippen LogP contribution in [-0.2, 0) is 14.1 Å². The molecule has 7 nitrogen and oxygen atoms in total. The van der Waals surface area contributed by atoms with Crippen LogP contribution in [0.15, 0.2) is 48.8 Å². The van der Waals surface area contributed by atoms with E-state index in [0.29, 0.717) is 11.3 Å². The van der Waals surface area contributed by atoms with Crippen molar-refractivity contribution >= 4 is 16.8 Å². The van der Waals surface area contributed by atoms with E-state index in [4.69, 9.17) is 0 Å². The maximum Gasteiger partial charge on any atom is 0.252 e. The van der Waals surface area contributed by atoms with Crippen LogP contribution in [0.5, 0.6) is 0 Å². The van der Waals surface area contributed by atoms with E-state index in [1.165, 1.54) is 0 Å². The van der Waals surface area contributed by atoms with E-state index in [-0.39, 0.29) is 11.9 Å². The van der Waals surface area contributed by atoms with Gasteiger partial charge in [0.15, 0.2) is 0 Å². The summed E-state index contributed by atoms with van der Waals surface area (Å²) in [5.41, 5.74) is 4.79. The number of carbonyl (C=O) groups is 1. The van der Waals surface area contributed by atoms with Crippen LogP contribution in [0.4, 0.5) is 0 Å². The minimum Gasteiger partial charge on any atom is -0.345 e. The zero-order valence-corrected chi connectivity index (χ0v) is 16.3. The van der Waals surface area contributed by atoms with Gasteiger partial charge in [0, 0.05) is 36.9 Å². The average molecular weight is 374 g/mol. The van der Waals surface area contributed by atoms with Crippen LogP contribution >= 0.6 is 0 Å². The lowest BCUT2D eigenvalue weighted by Crippen LogP contribution is -2.27. The molecule has 7 heteroatoms. The first-order valence-corrected chi connectivity index (χ1v) is 9.13. The highest BCUT2D eigenvalue weighted by molar-refractivity contribution is 6.07. The molecule has 0 aliphatic carbocycles. The van der Waals surface area contributed by atoms with E-state index in [0.717, 1.165) is 27.9 Å². The topological polar surface area (TPSA) is 77.6 Å². The number of carbonyl (C=O) groups excluding carboxylic acids is 1. The maximum atomic E-state index is 13.2. The molecular weight excluding hydrogens is 352 g/mol. The van der Waals surface area contributed by atoms with Crippen LogP contribution in [0.2, 0.25) is 0 Å². The first-order chi connectivity index (χ1) is 13.4. The van der Waals surface area contributed by atoms with E-state index in [1.807, 2.05) is 70.5 Å². The summed E-state index contributed by atoms with van der Waals surface area (Å²) in [6, 6.07) is 11.2. The summed E-state index contributed by atoms with van der Waals surface area (Å²) in [4.78, 5) is 17.8. The molecule has 0 saturated carbocycles. The molecule has 0 radical (unpaired) electrons. The first-order valence-electron chi connectivity index (χ1n) is 9.13. The van der Waals surface area contributed by atoms with Crippen molar-refractivity contribution in [3.05, 3.63) is 65.6 Å². The second-order valence-corrected chi connectivity index (χ2v) is 6.95. The van der Waals surface area contributed by atoms with E-state index >= 15 is 0 Å². The van der Waals surface area contributed by atoms with Crippen molar-refractivity contribution in [3.8, 4) is 11.4 Å². The fraction of sp³-hybridized carbons (Fsp3) is 0.238. The number of nitrogens with one attached hydrogen (secondary N) is 1. The van der Waals surface area contributed by atoms with Crippen molar-refractivity contribution < 1.29 is 4.79 Å². The van der Waals surface area contributed by atoms with Crippen LogP contribution in [0.25, 0.3) is 22.3 Å². The van der Waals surface area contributed by atoms with Crippen molar-refractivity contribution in [2.75, 3.05) is 0 Å². The number of hydrogen-bond acceptors (Lipinski definition) is 4. The Morgan fingerprint density at radius 2 is 1.93 bits per heavy atom. The quantitative estimate of drug-likeness (QED) is 0.595. The number of nitrogens with zero attached hydrogens (tertiary/aromatic N) is 5. The maximum absolute atomic E-state index is 13.2. The summed E-state index contributed by atoms with van der Waals surface area (Å²) < 4.78 is 3.53. The molecule has 1 atom stereocenters. The SMILES string of the molecule is Cc1c([C@@H](C)NC(=O)c2cc(-c3ccn(C)n3)nc3ccccc23)cnn1C. The van der Waals surface area contributed by atoms with E-state index < -0.39 is 0 Å². The lowest BCUT2D eigenvalue weighted by Gasteiger charge is -2.15. The molecule has 0 aliphatic rings. The van der Waals surface area contributed by atoms with Crippen molar-refractivity contribution in [1.82, 2.24) is 29.9 Å². The van der Waals surface area contributed by atoms with Crippen molar-refractivity contribution in [2.45, 2.75) is 19.9 Å². The number of fused-ring (bicyclic) bond motifs is 1. The van der Waals surface area contributed by atoms with Gasteiger partial charge < -0.3 is 5.32 Å². The predicted octanol–water partition coefficient (Wildman–Crippen LogP) is 3.17. The number of amides is 1. The van der Waals surface area contributed by atoms with Crippen LogP contribution < -0.4 is 5.32 Å². The van der Waals surface area contributed by atoms with Gasteiger partial charge in [-0.2, -0.15) is 10.2 Å². The summed E-state index contributed by atoms with van der Waals surface area (Å²) in [5.74, 6) is -0.147. The lowest BCUT2D eigenvalue weighted by atomic mass is 10.0. The monoisotopic (exact) mass is 374 g/mol. The smallest absolute Gasteiger partial charge is 0.252 e. The Kier molecular flexibility index (Phi) is 4.43. The van der Waals surface area contributed by atoms with E-state index in [2.05, 4.69) is 20.5 Å². The zero-order chi connectivity index (χ0) is 19.8. The number of benzene rings is 1. The highest BCUT2D eigenvalue weighted by atomic mass is 16.1. The zero-order valence-electron chi connectivity index (χ0n) is 16.3. The molecule has 1 N–H and O–H groups in total. The molecule has 4 aromatic rings. The van der Waals surface area contributed by atoms with Crippen LogP contribution in [0, 0.1) is 6.92 Å². The van der Waals surface area contributed by atoms with Gasteiger partial charge in [0.1, 0.15) is 5.69 Å². The molecule has 142 valence electrons. The minimum absolute atomic E-state index is 0.147. The summed E-state index contributed by atoms with van der Waals surface area (Å²) in [6.45, 7) is 3.96. The molecule has 28 heavy (non-hydrogen) atoms. The molecule has 3 aromatic heterocycles. The Bertz CT molecular complexity index is 1170. The highest BCUT2D eigenvalue weighted by Gasteiger charge is 2.19. The van der Waals surface area contributed by atoms with Gasteiger partial charge in [-0.3, -0.25) is 14.2 Å². The summed E-state index contributed by atoms with van der Waals surface area (Å²) in [5, 5.41) is 12.6. The third kappa shape index (κ3) is 3.15. The number of para-hydroxylation sites is 1. The second kappa shape index (κ2) is 6.92. The normalized spacial score (nSPS) is 12.3. The summed E-state index contributed by atoms with van der Waals surface area (Å²) in [6.07, 6.45) is 3.66. The molecule has 0 spiro atoms. The molecule has 0 aliphatic heterocycles. The van der Waals surface area contributed by atoms with Gasteiger partial charge in [0.25, 0.3) is 5.91 Å². The van der Waals surface area contributed by atoms with E-state index in [1.54, 1.807) is 15.6 Å².